The molecule has 0 radical (unpaired) electrons. The predicted molar refractivity (Wildman–Crippen MR) is 133 cm³/mol. The smallest absolute Gasteiger partial charge is 0.229 e. The van der Waals surface area contributed by atoms with E-state index in [9.17, 15) is 0 Å². The largest absolute Gasteiger partial charge is 0.244 e. The molecule has 0 N–H and O–H groups in total. The molecule has 29 heavy (non-hydrogen) atoms. The van der Waals surface area contributed by atoms with Crippen molar-refractivity contribution in [1.29, 1.82) is 0 Å². The summed E-state index contributed by atoms with van der Waals surface area (Å²) >= 11 is 2.47. The van der Waals surface area contributed by atoms with Gasteiger partial charge in [0.15, 0.2) is 0 Å². The Morgan fingerprint density at radius 1 is 0.793 bits per heavy atom. The van der Waals surface area contributed by atoms with E-state index in [1.807, 2.05) is 0 Å². The van der Waals surface area contributed by atoms with E-state index in [0.717, 1.165) is 13.1 Å². The molecule has 0 saturated carbocycles. The summed E-state index contributed by atoms with van der Waals surface area (Å²) in [6.45, 7) is 13.1. The number of aryl methyl sites for hydroxylation is 5. The van der Waals surface area contributed by atoms with Gasteiger partial charge in [0.1, 0.15) is 24.5 Å². The second kappa shape index (κ2) is 7.94. The van der Waals surface area contributed by atoms with Crippen LogP contribution in [0.25, 0.3) is 11.1 Å². The highest BCUT2D eigenvalue weighted by Gasteiger charge is 2.28. The molecule has 4 rings (SSSR count). The van der Waals surface area contributed by atoms with Crippen LogP contribution in [0.3, 0.4) is 0 Å². The average Bonchev–Trinajstić information content (AvgIpc) is 3.11. The first-order chi connectivity index (χ1) is 13.9. The van der Waals surface area contributed by atoms with Crippen LogP contribution in [-0.2, 0) is 0 Å². The molecule has 3 aromatic rings. The van der Waals surface area contributed by atoms with Gasteiger partial charge >= 0.3 is 0 Å². The Bertz CT molecular complexity index is 1080. The zero-order valence-electron chi connectivity index (χ0n) is 17.9. The van der Waals surface area contributed by atoms with E-state index >= 15 is 0 Å². The number of anilines is 1. The first kappa shape index (κ1) is 20.1. The number of hydrogen-bond donors (Lipinski definition) is 0. The maximum atomic E-state index is 2.47. The van der Waals surface area contributed by atoms with E-state index in [2.05, 4.69) is 122 Å². The number of benzene rings is 3. The van der Waals surface area contributed by atoms with E-state index < -0.39 is 0 Å². The van der Waals surface area contributed by atoms with Crippen molar-refractivity contribution in [3.63, 3.8) is 0 Å². The molecule has 1 heterocycles. The third kappa shape index (κ3) is 3.73. The van der Waals surface area contributed by atoms with Crippen molar-refractivity contribution in [3.05, 3.63) is 79.9 Å². The Balaban J connectivity index is 1.83. The number of halogens is 1. The van der Waals surface area contributed by atoms with Crippen molar-refractivity contribution < 1.29 is 4.58 Å². The third-order valence-electron chi connectivity index (χ3n) is 5.82. The van der Waals surface area contributed by atoms with Crippen LogP contribution in [0.1, 0.15) is 27.8 Å². The Hall–Kier alpha value is -2.14. The predicted octanol–water partition coefficient (Wildman–Crippen LogP) is 6.69. The van der Waals surface area contributed by atoms with Crippen molar-refractivity contribution in [2.45, 2.75) is 34.6 Å². The van der Waals surface area contributed by atoms with Gasteiger partial charge in [0.25, 0.3) is 0 Å². The van der Waals surface area contributed by atoms with Crippen LogP contribution < -0.4 is 4.90 Å². The topological polar surface area (TPSA) is 6.25 Å². The summed E-state index contributed by atoms with van der Waals surface area (Å²) in [4.78, 5) is 2.42. The number of rotatable bonds is 3. The summed E-state index contributed by atoms with van der Waals surface area (Å²) in [6, 6.07) is 17.8. The molecule has 0 aromatic heterocycles. The van der Waals surface area contributed by atoms with E-state index in [0.29, 0.717) is 0 Å². The Labute approximate surface area is 188 Å². The lowest BCUT2D eigenvalue weighted by molar-refractivity contribution is -0.425. The van der Waals surface area contributed by atoms with E-state index in [-0.39, 0.29) is 0 Å². The minimum atomic E-state index is 0.992. The van der Waals surface area contributed by atoms with Gasteiger partial charge in [-0.05, 0) is 91.6 Å². The van der Waals surface area contributed by atoms with Crippen LogP contribution in [0.15, 0.2) is 48.5 Å². The fourth-order valence-corrected chi connectivity index (χ4v) is 5.54. The van der Waals surface area contributed by atoms with Gasteiger partial charge in [0.2, 0.25) is 6.34 Å². The monoisotopic (exact) mass is 495 g/mol. The molecule has 1 aliphatic heterocycles. The van der Waals surface area contributed by atoms with Gasteiger partial charge in [-0.15, -0.1) is 0 Å². The molecule has 0 aliphatic carbocycles. The molecule has 0 atom stereocenters. The van der Waals surface area contributed by atoms with Crippen LogP contribution in [0.2, 0.25) is 0 Å². The molecule has 0 fully saturated rings. The summed E-state index contributed by atoms with van der Waals surface area (Å²) < 4.78 is 3.72. The molecule has 0 spiro atoms. The first-order valence-electron chi connectivity index (χ1n) is 10.2. The van der Waals surface area contributed by atoms with Gasteiger partial charge in [-0.1, -0.05) is 42.0 Å². The lowest BCUT2D eigenvalue weighted by atomic mass is 9.94. The van der Waals surface area contributed by atoms with Gasteiger partial charge in [0.05, 0.1) is 0 Å². The summed E-state index contributed by atoms with van der Waals surface area (Å²) in [5.41, 5.74) is 12.0. The second-order valence-corrected chi connectivity index (χ2v) is 9.31. The molecular weight excluding hydrogens is 467 g/mol. The van der Waals surface area contributed by atoms with Crippen molar-refractivity contribution in [2.24, 2.45) is 0 Å². The van der Waals surface area contributed by atoms with Gasteiger partial charge in [0, 0.05) is 14.7 Å². The van der Waals surface area contributed by atoms with Gasteiger partial charge in [-0.25, -0.2) is 9.48 Å². The van der Waals surface area contributed by atoms with E-state index in [1.54, 1.807) is 0 Å². The molecular formula is C26H28IN2+. The fraction of sp³-hybridized carbons (Fsp3) is 0.269. The highest BCUT2D eigenvalue weighted by atomic mass is 127. The van der Waals surface area contributed by atoms with Crippen LogP contribution in [0.5, 0.6) is 0 Å². The third-order valence-corrected chi connectivity index (χ3v) is 6.71. The second-order valence-electron chi connectivity index (χ2n) is 8.15. The SMILES string of the molecule is Cc1cc(C)c([N+]2=CN(c3cccc(C)c3-c3c(C)cccc3I)CC2)c(C)c1. The first-order valence-corrected chi connectivity index (χ1v) is 11.3. The van der Waals surface area contributed by atoms with Gasteiger partial charge in [-0.3, -0.25) is 0 Å². The van der Waals surface area contributed by atoms with Crippen LogP contribution in [0.4, 0.5) is 11.4 Å². The summed E-state index contributed by atoms with van der Waals surface area (Å²) in [5, 5.41) is 0. The standard InChI is InChI=1S/C26H28IN2/c1-17-14-20(4)26(21(5)15-17)29-13-12-28(16-29)23-11-7-9-19(3)25(23)24-18(2)8-6-10-22(24)27/h6-11,14-16H,12-13H2,1-5H3/q+1. The van der Waals surface area contributed by atoms with Crippen molar-refractivity contribution in [1.82, 2.24) is 0 Å². The Morgan fingerprint density at radius 3 is 2.07 bits per heavy atom. The molecule has 3 aromatic carbocycles. The molecule has 0 saturated heterocycles. The van der Waals surface area contributed by atoms with Crippen LogP contribution >= 0.6 is 22.6 Å². The lowest BCUT2D eigenvalue weighted by Gasteiger charge is -2.18. The number of hydrogen-bond acceptors (Lipinski definition) is 1. The zero-order chi connectivity index (χ0) is 20.7. The zero-order valence-corrected chi connectivity index (χ0v) is 20.0. The maximum absolute atomic E-state index is 2.47. The average molecular weight is 495 g/mol. The minimum absolute atomic E-state index is 0.992. The fourth-order valence-electron chi connectivity index (χ4n) is 4.64. The number of nitrogens with zero attached hydrogens (tertiary/aromatic N) is 2. The van der Waals surface area contributed by atoms with Gasteiger partial charge < -0.3 is 0 Å². The molecule has 0 amide bonds. The highest BCUT2D eigenvalue weighted by Crippen LogP contribution is 2.39. The highest BCUT2D eigenvalue weighted by molar-refractivity contribution is 14.1. The van der Waals surface area contributed by atoms with Crippen molar-refractivity contribution in [2.75, 3.05) is 18.0 Å². The van der Waals surface area contributed by atoms with E-state index in [1.165, 1.54) is 53.9 Å². The molecule has 2 nitrogen and oxygen atoms in total. The van der Waals surface area contributed by atoms with Gasteiger partial charge in [-0.2, -0.15) is 0 Å². The molecule has 148 valence electrons. The molecule has 1 aliphatic rings. The Morgan fingerprint density at radius 2 is 1.41 bits per heavy atom. The normalized spacial score (nSPS) is 13.7. The van der Waals surface area contributed by atoms with Crippen LogP contribution in [0, 0.1) is 38.2 Å². The summed E-state index contributed by atoms with van der Waals surface area (Å²) in [7, 11) is 0. The quantitative estimate of drug-likeness (QED) is 0.290. The van der Waals surface area contributed by atoms with E-state index in [4.69, 9.17) is 0 Å². The molecule has 0 bridgehead atoms. The van der Waals surface area contributed by atoms with Crippen molar-refractivity contribution in [3.8, 4) is 11.1 Å². The maximum Gasteiger partial charge on any atom is 0.244 e. The molecule has 3 heteroatoms. The van der Waals surface area contributed by atoms with Crippen molar-refractivity contribution >= 4 is 40.3 Å². The summed E-state index contributed by atoms with van der Waals surface area (Å²) in [6.07, 6.45) is 2.30. The van der Waals surface area contributed by atoms with Crippen LogP contribution in [-0.4, -0.2) is 24.0 Å². The molecule has 0 unspecified atom stereocenters. The minimum Gasteiger partial charge on any atom is -0.229 e. The summed E-state index contributed by atoms with van der Waals surface area (Å²) in [5.74, 6) is 0. The Kier molecular flexibility index (Phi) is 5.52. The lowest BCUT2D eigenvalue weighted by Crippen LogP contribution is -2.19.